The van der Waals surface area contributed by atoms with Crippen LogP contribution in [-0.4, -0.2) is 48.1 Å². The van der Waals surface area contributed by atoms with Crippen molar-refractivity contribution in [2.24, 2.45) is 0 Å². The van der Waals surface area contributed by atoms with Crippen LogP contribution in [0.1, 0.15) is 18.6 Å². The van der Waals surface area contributed by atoms with Crippen LogP contribution in [0.5, 0.6) is 0 Å². The summed E-state index contributed by atoms with van der Waals surface area (Å²) >= 11 is 0. The normalized spacial score (nSPS) is 19.1. The molecule has 0 aliphatic carbocycles. The highest BCUT2D eigenvalue weighted by Gasteiger charge is 2.18. The van der Waals surface area contributed by atoms with Crippen molar-refractivity contribution < 1.29 is 19.1 Å². The number of carbonyl (C=O) groups is 1. The second-order valence-corrected chi connectivity index (χ2v) is 4.59. The van der Waals surface area contributed by atoms with Crippen LogP contribution in [0, 0.1) is 0 Å². The third-order valence-corrected chi connectivity index (χ3v) is 3.02. The highest BCUT2D eigenvalue weighted by atomic mass is 16.5. The number of β-amino-alcohol motifs (C(OH)–C–C–N with tert-alkyl or cyclic N) is 1. The molecule has 0 bridgehead atoms. The number of piperidine rings is 1. The fourth-order valence-corrected chi connectivity index (χ4v) is 2.03. The Morgan fingerprint density at radius 2 is 2.22 bits per heavy atom. The molecule has 18 heavy (non-hydrogen) atoms. The van der Waals surface area contributed by atoms with Crippen molar-refractivity contribution in [3.8, 4) is 0 Å². The Kier molecular flexibility index (Phi) is 4.92. The van der Waals surface area contributed by atoms with Gasteiger partial charge in [0, 0.05) is 32.5 Å². The largest absolute Gasteiger partial charge is 0.467 e. The molecular weight excluding hydrogens is 234 g/mol. The molecule has 0 radical (unpaired) electrons. The van der Waals surface area contributed by atoms with Crippen LogP contribution in [-0.2, 0) is 16.1 Å². The Morgan fingerprint density at radius 3 is 2.89 bits per heavy atom. The number of ketones is 1. The van der Waals surface area contributed by atoms with E-state index in [2.05, 4.69) is 4.90 Å². The maximum atomic E-state index is 11.1. The van der Waals surface area contributed by atoms with Crippen molar-refractivity contribution in [3.63, 3.8) is 0 Å². The van der Waals surface area contributed by atoms with Gasteiger partial charge in [-0.15, -0.1) is 0 Å². The highest BCUT2D eigenvalue weighted by molar-refractivity contribution is 5.79. The first-order chi connectivity index (χ1) is 8.74. The Labute approximate surface area is 106 Å². The van der Waals surface area contributed by atoms with Crippen molar-refractivity contribution in [1.82, 2.24) is 4.90 Å². The van der Waals surface area contributed by atoms with E-state index in [9.17, 15) is 9.90 Å². The summed E-state index contributed by atoms with van der Waals surface area (Å²) in [6.45, 7) is 2.71. The molecule has 100 valence electrons. The summed E-state index contributed by atoms with van der Waals surface area (Å²) in [5.74, 6) is 1.07. The SMILES string of the molecule is O=C1CCN(C[C@@H](O)COCc2ccco2)CC1. The van der Waals surface area contributed by atoms with E-state index in [4.69, 9.17) is 9.15 Å². The molecule has 1 aliphatic rings. The number of aliphatic hydroxyl groups excluding tert-OH is 1. The van der Waals surface area contributed by atoms with Gasteiger partial charge in [0.15, 0.2) is 0 Å². The van der Waals surface area contributed by atoms with Crippen molar-refractivity contribution in [3.05, 3.63) is 24.2 Å². The Balaban J connectivity index is 1.60. The molecule has 1 N–H and O–H groups in total. The maximum Gasteiger partial charge on any atom is 0.135 e. The first kappa shape index (κ1) is 13.3. The molecular formula is C13H19NO4. The second kappa shape index (κ2) is 6.68. The minimum Gasteiger partial charge on any atom is -0.467 e. The van der Waals surface area contributed by atoms with Gasteiger partial charge in [-0.2, -0.15) is 0 Å². The summed E-state index contributed by atoms with van der Waals surface area (Å²) in [6.07, 6.45) is 2.27. The Morgan fingerprint density at radius 1 is 1.44 bits per heavy atom. The zero-order valence-corrected chi connectivity index (χ0v) is 10.4. The van der Waals surface area contributed by atoms with E-state index in [1.165, 1.54) is 0 Å². The Bertz CT molecular complexity index is 353. The third kappa shape index (κ3) is 4.25. The summed E-state index contributed by atoms with van der Waals surface area (Å²) in [5.41, 5.74) is 0. The lowest BCUT2D eigenvalue weighted by molar-refractivity contribution is -0.121. The number of carbonyl (C=O) groups excluding carboxylic acids is 1. The van der Waals surface area contributed by atoms with Gasteiger partial charge in [-0.3, -0.25) is 9.69 Å². The third-order valence-electron chi connectivity index (χ3n) is 3.02. The maximum absolute atomic E-state index is 11.1. The number of ether oxygens (including phenoxy) is 1. The number of rotatable bonds is 6. The van der Waals surface area contributed by atoms with Crippen molar-refractivity contribution in [2.45, 2.75) is 25.6 Å². The number of Topliss-reactive ketones (excluding diaryl/α,β-unsaturated/α-hetero) is 1. The van der Waals surface area contributed by atoms with Gasteiger partial charge in [0.05, 0.1) is 19.0 Å². The van der Waals surface area contributed by atoms with Crippen LogP contribution >= 0.6 is 0 Å². The monoisotopic (exact) mass is 253 g/mol. The molecule has 2 heterocycles. The van der Waals surface area contributed by atoms with E-state index < -0.39 is 6.10 Å². The topological polar surface area (TPSA) is 62.9 Å². The molecule has 5 nitrogen and oxygen atoms in total. The molecule has 1 atom stereocenters. The zero-order chi connectivity index (χ0) is 12.8. The molecule has 1 aromatic heterocycles. The molecule has 1 aromatic rings. The van der Waals surface area contributed by atoms with E-state index in [0.717, 1.165) is 18.8 Å². The van der Waals surface area contributed by atoms with Gasteiger partial charge in [0.25, 0.3) is 0 Å². The first-order valence-electron chi connectivity index (χ1n) is 6.26. The lowest BCUT2D eigenvalue weighted by atomic mass is 10.1. The van der Waals surface area contributed by atoms with Gasteiger partial charge in [0.2, 0.25) is 0 Å². The summed E-state index contributed by atoms with van der Waals surface area (Å²) < 4.78 is 10.5. The average molecular weight is 253 g/mol. The highest BCUT2D eigenvalue weighted by Crippen LogP contribution is 2.07. The average Bonchev–Trinajstić information content (AvgIpc) is 2.85. The van der Waals surface area contributed by atoms with Crippen LogP contribution in [0.3, 0.4) is 0 Å². The van der Waals surface area contributed by atoms with E-state index in [1.54, 1.807) is 12.3 Å². The number of furan rings is 1. The minimum absolute atomic E-state index is 0.283. The molecule has 0 aromatic carbocycles. The molecule has 0 saturated carbocycles. The van der Waals surface area contributed by atoms with Crippen molar-refractivity contribution in [2.75, 3.05) is 26.2 Å². The van der Waals surface area contributed by atoms with Gasteiger partial charge in [-0.05, 0) is 12.1 Å². The lowest BCUT2D eigenvalue weighted by Crippen LogP contribution is -2.40. The molecule has 1 fully saturated rings. The molecule has 1 aliphatic heterocycles. The molecule has 5 heteroatoms. The van der Waals surface area contributed by atoms with Crippen molar-refractivity contribution in [1.29, 1.82) is 0 Å². The first-order valence-corrected chi connectivity index (χ1v) is 6.26. The van der Waals surface area contributed by atoms with E-state index in [-0.39, 0.29) is 6.61 Å². The molecule has 0 spiro atoms. The van der Waals surface area contributed by atoms with Crippen LogP contribution in [0.25, 0.3) is 0 Å². The van der Waals surface area contributed by atoms with Crippen LogP contribution in [0.2, 0.25) is 0 Å². The molecule has 1 saturated heterocycles. The number of nitrogens with zero attached hydrogens (tertiary/aromatic N) is 1. The summed E-state index contributed by atoms with van der Waals surface area (Å²) in [7, 11) is 0. The fourth-order valence-electron chi connectivity index (χ4n) is 2.03. The van der Waals surface area contributed by atoms with Gasteiger partial charge >= 0.3 is 0 Å². The quantitative estimate of drug-likeness (QED) is 0.813. The summed E-state index contributed by atoms with van der Waals surface area (Å²) in [6, 6.07) is 3.64. The minimum atomic E-state index is -0.520. The van der Waals surface area contributed by atoms with E-state index in [0.29, 0.717) is 31.8 Å². The summed E-state index contributed by atoms with van der Waals surface area (Å²) in [4.78, 5) is 13.2. The second-order valence-electron chi connectivity index (χ2n) is 4.59. The summed E-state index contributed by atoms with van der Waals surface area (Å²) in [5, 5.41) is 9.81. The number of hydrogen-bond acceptors (Lipinski definition) is 5. The molecule has 2 rings (SSSR count). The number of likely N-dealkylation sites (tertiary alicyclic amines) is 1. The predicted octanol–water partition coefficient (Wildman–Crippen LogP) is 0.822. The van der Waals surface area contributed by atoms with Crippen LogP contribution in [0.15, 0.2) is 22.8 Å². The fraction of sp³-hybridized carbons (Fsp3) is 0.615. The standard InChI is InChI=1S/C13H19NO4/c15-11-3-5-14(6-4-11)8-12(16)9-17-10-13-2-1-7-18-13/h1-2,7,12,16H,3-6,8-10H2/t12-/m1/s1. The van der Waals surface area contributed by atoms with E-state index >= 15 is 0 Å². The predicted molar refractivity (Wildman–Crippen MR) is 65.1 cm³/mol. The Hall–Kier alpha value is -1.17. The smallest absolute Gasteiger partial charge is 0.135 e. The molecule has 0 unspecified atom stereocenters. The van der Waals surface area contributed by atoms with Crippen LogP contribution < -0.4 is 0 Å². The van der Waals surface area contributed by atoms with Gasteiger partial charge in [-0.25, -0.2) is 0 Å². The lowest BCUT2D eigenvalue weighted by Gasteiger charge is -2.27. The zero-order valence-electron chi connectivity index (χ0n) is 10.4. The van der Waals surface area contributed by atoms with Crippen molar-refractivity contribution >= 4 is 5.78 Å². The van der Waals surface area contributed by atoms with E-state index in [1.807, 2.05) is 6.07 Å². The van der Waals surface area contributed by atoms with Gasteiger partial charge in [-0.1, -0.05) is 0 Å². The van der Waals surface area contributed by atoms with Crippen LogP contribution in [0.4, 0.5) is 0 Å². The molecule has 0 amide bonds. The number of hydrogen-bond donors (Lipinski definition) is 1. The van der Waals surface area contributed by atoms with Gasteiger partial charge < -0.3 is 14.3 Å². The number of aliphatic hydroxyl groups is 1. The van der Waals surface area contributed by atoms with Gasteiger partial charge in [0.1, 0.15) is 18.2 Å².